The van der Waals surface area contributed by atoms with Crippen molar-refractivity contribution < 1.29 is 14.4 Å². The predicted octanol–water partition coefficient (Wildman–Crippen LogP) is 3.47. The van der Waals surface area contributed by atoms with Crippen LogP contribution in [0.1, 0.15) is 58.4 Å². The molecule has 2 rings (SSSR count). The Labute approximate surface area is 155 Å². The molecule has 0 saturated carbocycles. The van der Waals surface area contributed by atoms with E-state index in [1.165, 1.54) is 5.56 Å². The number of nitrogens with one attached hydrogen (secondary N) is 2. The van der Waals surface area contributed by atoms with E-state index in [9.17, 15) is 14.4 Å². The van der Waals surface area contributed by atoms with Gasteiger partial charge in [-0.15, -0.1) is 0 Å². The topological polar surface area (TPSA) is 78.5 Å². The van der Waals surface area contributed by atoms with Gasteiger partial charge in [0, 0.05) is 5.69 Å². The molecule has 1 aromatic rings. The number of aryl methyl sites for hydroxylation is 1. The highest BCUT2D eigenvalue weighted by molar-refractivity contribution is 6.09. The quantitative estimate of drug-likeness (QED) is 0.523. The number of benzene rings is 1. The second-order valence-electron chi connectivity index (χ2n) is 7.06. The second-order valence-corrected chi connectivity index (χ2v) is 7.06. The first kappa shape index (κ1) is 19.9. The van der Waals surface area contributed by atoms with Crippen LogP contribution in [0.4, 0.5) is 10.5 Å². The molecule has 6 heteroatoms. The number of carbonyl (C=O) groups excluding carboxylic acids is 3. The zero-order chi connectivity index (χ0) is 19.2. The maximum absolute atomic E-state index is 12.6. The maximum atomic E-state index is 12.6. The third kappa shape index (κ3) is 4.84. The largest absolute Gasteiger partial charge is 0.325 e. The molecule has 0 aliphatic carbocycles. The Morgan fingerprint density at radius 1 is 1.12 bits per heavy atom. The minimum absolute atomic E-state index is 0.273. The molecule has 0 aromatic heterocycles. The molecule has 6 nitrogen and oxygen atoms in total. The van der Waals surface area contributed by atoms with Crippen molar-refractivity contribution in [1.29, 1.82) is 0 Å². The molecular formula is C20H29N3O3. The van der Waals surface area contributed by atoms with Gasteiger partial charge in [0.1, 0.15) is 12.1 Å². The van der Waals surface area contributed by atoms with Crippen molar-refractivity contribution >= 4 is 23.5 Å². The van der Waals surface area contributed by atoms with E-state index in [0.29, 0.717) is 12.1 Å². The summed E-state index contributed by atoms with van der Waals surface area (Å²) in [6, 6.07) is 7.03. The van der Waals surface area contributed by atoms with Crippen molar-refractivity contribution in [3.63, 3.8) is 0 Å². The minimum atomic E-state index is -0.909. The van der Waals surface area contributed by atoms with Crippen LogP contribution in [-0.2, 0) is 16.0 Å². The number of rotatable bonds is 9. The molecule has 1 atom stereocenters. The van der Waals surface area contributed by atoms with Gasteiger partial charge in [0.15, 0.2) is 0 Å². The van der Waals surface area contributed by atoms with Crippen molar-refractivity contribution in [2.24, 2.45) is 0 Å². The normalized spacial score (nSPS) is 19.6. The van der Waals surface area contributed by atoms with Crippen molar-refractivity contribution in [2.45, 2.75) is 64.8 Å². The highest BCUT2D eigenvalue weighted by atomic mass is 16.2. The molecule has 0 radical (unpaired) electrons. The smallest absolute Gasteiger partial charge is 0.325 e. The lowest BCUT2D eigenvalue weighted by Crippen LogP contribution is -2.44. The number of amides is 4. The van der Waals surface area contributed by atoms with E-state index in [0.717, 1.165) is 37.0 Å². The Kier molecular flexibility index (Phi) is 6.77. The summed E-state index contributed by atoms with van der Waals surface area (Å²) >= 11 is 0. The van der Waals surface area contributed by atoms with E-state index in [-0.39, 0.29) is 18.4 Å². The van der Waals surface area contributed by atoms with Crippen LogP contribution in [0.25, 0.3) is 0 Å². The Hall–Kier alpha value is -2.37. The Morgan fingerprint density at radius 3 is 2.42 bits per heavy atom. The number of unbranched alkanes of at least 4 members (excludes halogenated alkanes) is 3. The number of carbonyl (C=O) groups is 3. The van der Waals surface area contributed by atoms with E-state index in [2.05, 4.69) is 24.5 Å². The molecule has 1 aliphatic heterocycles. The Balaban J connectivity index is 1.92. The lowest BCUT2D eigenvalue weighted by Gasteiger charge is -2.21. The van der Waals surface area contributed by atoms with E-state index in [1.807, 2.05) is 24.3 Å². The van der Waals surface area contributed by atoms with Crippen LogP contribution < -0.4 is 10.6 Å². The molecule has 142 valence electrons. The summed E-state index contributed by atoms with van der Waals surface area (Å²) in [5.74, 6) is -0.705. The van der Waals surface area contributed by atoms with Crippen molar-refractivity contribution in [3.8, 4) is 0 Å². The Bertz CT molecular complexity index is 657. The number of anilines is 1. The van der Waals surface area contributed by atoms with Gasteiger partial charge >= 0.3 is 6.03 Å². The van der Waals surface area contributed by atoms with Gasteiger partial charge in [0.2, 0.25) is 5.91 Å². The number of hydrogen-bond donors (Lipinski definition) is 2. The zero-order valence-corrected chi connectivity index (χ0v) is 15.9. The zero-order valence-electron chi connectivity index (χ0n) is 15.9. The predicted molar refractivity (Wildman–Crippen MR) is 102 cm³/mol. The lowest BCUT2D eigenvalue weighted by atomic mass is 9.94. The summed E-state index contributed by atoms with van der Waals surface area (Å²) in [5.41, 5.74) is 0.922. The first-order chi connectivity index (χ1) is 12.4. The summed E-state index contributed by atoms with van der Waals surface area (Å²) in [6.07, 6.45) is 5.65. The molecule has 0 spiro atoms. The van der Waals surface area contributed by atoms with Crippen LogP contribution in [0.2, 0.25) is 0 Å². The third-order valence-corrected chi connectivity index (χ3v) is 4.82. The van der Waals surface area contributed by atoms with Gasteiger partial charge in [-0.05, 0) is 37.5 Å². The van der Waals surface area contributed by atoms with Gasteiger partial charge in [-0.1, -0.05) is 51.7 Å². The van der Waals surface area contributed by atoms with Crippen LogP contribution in [0.5, 0.6) is 0 Å². The SMILES string of the molecule is CCCCCC[C@@]1(C)NC(=O)N(CC(=O)Nc2ccc(CC)cc2)C1=O. The van der Waals surface area contributed by atoms with Crippen LogP contribution in [0, 0.1) is 0 Å². The van der Waals surface area contributed by atoms with Crippen LogP contribution >= 0.6 is 0 Å². The van der Waals surface area contributed by atoms with Gasteiger partial charge < -0.3 is 10.6 Å². The molecule has 0 bridgehead atoms. The highest BCUT2D eigenvalue weighted by Gasteiger charge is 2.47. The molecule has 4 amide bonds. The van der Waals surface area contributed by atoms with E-state index >= 15 is 0 Å². The number of hydrogen-bond acceptors (Lipinski definition) is 3. The highest BCUT2D eigenvalue weighted by Crippen LogP contribution is 2.24. The summed E-state index contributed by atoms with van der Waals surface area (Å²) in [5, 5.41) is 5.48. The maximum Gasteiger partial charge on any atom is 0.325 e. The summed E-state index contributed by atoms with van der Waals surface area (Å²) in [7, 11) is 0. The van der Waals surface area contributed by atoms with Crippen molar-refractivity contribution in [1.82, 2.24) is 10.2 Å². The van der Waals surface area contributed by atoms with Gasteiger partial charge in [0.05, 0.1) is 0 Å². The summed E-state index contributed by atoms with van der Waals surface area (Å²) in [4.78, 5) is 38.1. The summed E-state index contributed by atoms with van der Waals surface area (Å²) in [6.45, 7) is 5.65. The monoisotopic (exact) mass is 359 g/mol. The number of imide groups is 1. The fraction of sp³-hybridized carbons (Fsp3) is 0.550. The standard InChI is InChI=1S/C20H29N3O3/c1-4-6-7-8-13-20(3)18(25)23(19(26)22-20)14-17(24)21-16-11-9-15(5-2)10-12-16/h9-12H,4-8,13-14H2,1-3H3,(H,21,24)(H,22,26)/t20-/m1/s1. The molecule has 0 unspecified atom stereocenters. The average molecular weight is 359 g/mol. The van der Waals surface area contributed by atoms with Gasteiger partial charge in [-0.2, -0.15) is 0 Å². The number of nitrogens with zero attached hydrogens (tertiary/aromatic N) is 1. The van der Waals surface area contributed by atoms with Crippen LogP contribution in [0.3, 0.4) is 0 Å². The fourth-order valence-corrected chi connectivity index (χ4v) is 3.13. The average Bonchev–Trinajstić information content (AvgIpc) is 2.83. The van der Waals surface area contributed by atoms with Crippen LogP contribution in [0.15, 0.2) is 24.3 Å². The molecule has 1 saturated heterocycles. The second kappa shape index (κ2) is 8.83. The lowest BCUT2D eigenvalue weighted by molar-refractivity contribution is -0.133. The first-order valence-corrected chi connectivity index (χ1v) is 9.42. The minimum Gasteiger partial charge on any atom is -0.325 e. The molecule has 1 heterocycles. The van der Waals surface area contributed by atoms with Gasteiger partial charge in [-0.3, -0.25) is 14.5 Å². The van der Waals surface area contributed by atoms with E-state index in [4.69, 9.17) is 0 Å². The molecular weight excluding hydrogens is 330 g/mol. The van der Waals surface area contributed by atoms with Gasteiger partial charge in [0.25, 0.3) is 5.91 Å². The molecule has 26 heavy (non-hydrogen) atoms. The van der Waals surface area contributed by atoms with Crippen LogP contribution in [-0.4, -0.2) is 34.8 Å². The Morgan fingerprint density at radius 2 is 1.81 bits per heavy atom. The summed E-state index contributed by atoms with van der Waals surface area (Å²) < 4.78 is 0. The molecule has 1 aromatic carbocycles. The van der Waals surface area contributed by atoms with E-state index < -0.39 is 11.6 Å². The molecule has 1 aliphatic rings. The third-order valence-electron chi connectivity index (χ3n) is 4.82. The molecule has 2 N–H and O–H groups in total. The van der Waals surface area contributed by atoms with Gasteiger partial charge in [-0.25, -0.2) is 4.79 Å². The van der Waals surface area contributed by atoms with E-state index in [1.54, 1.807) is 6.92 Å². The fourth-order valence-electron chi connectivity index (χ4n) is 3.13. The van der Waals surface area contributed by atoms with Crippen molar-refractivity contribution in [3.05, 3.63) is 29.8 Å². The first-order valence-electron chi connectivity index (χ1n) is 9.42. The number of urea groups is 1. The molecule has 1 fully saturated rings. The van der Waals surface area contributed by atoms with Crippen molar-refractivity contribution in [2.75, 3.05) is 11.9 Å².